The van der Waals surface area contributed by atoms with Gasteiger partial charge in [-0.2, -0.15) is 0 Å². The molecule has 0 aromatic carbocycles. The highest BCUT2D eigenvalue weighted by atomic mass is 127. The molecule has 6 nitrogen and oxygen atoms in total. The van der Waals surface area contributed by atoms with E-state index in [0.29, 0.717) is 35.7 Å². The summed E-state index contributed by atoms with van der Waals surface area (Å²) in [6.07, 6.45) is 13.6. The van der Waals surface area contributed by atoms with Gasteiger partial charge in [-0.1, -0.05) is 12.8 Å². The van der Waals surface area contributed by atoms with Crippen LogP contribution in [0.1, 0.15) is 71.1 Å². The number of piperidine rings is 1. The highest BCUT2D eigenvalue weighted by Gasteiger charge is 2.65. The van der Waals surface area contributed by atoms with Gasteiger partial charge in [-0.05, 0) is 58.3 Å². The average molecular weight is 548 g/mol. The number of likely N-dealkylation sites (tertiary alicyclic amines) is 1. The van der Waals surface area contributed by atoms with Crippen LogP contribution in [0.25, 0.3) is 0 Å². The van der Waals surface area contributed by atoms with Crippen LogP contribution in [-0.2, 0) is 14.2 Å². The predicted molar refractivity (Wildman–Crippen MR) is 133 cm³/mol. The van der Waals surface area contributed by atoms with E-state index in [0.717, 1.165) is 64.7 Å². The zero-order valence-electron chi connectivity index (χ0n) is 19.2. The van der Waals surface area contributed by atoms with Gasteiger partial charge in [0.25, 0.3) is 0 Å². The summed E-state index contributed by atoms with van der Waals surface area (Å²) in [6.45, 7) is 7.68. The molecule has 4 atom stereocenters. The second-order valence-electron chi connectivity index (χ2n) is 10.1. The molecule has 31 heavy (non-hydrogen) atoms. The molecule has 5 aliphatic rings. The molecule has 178 valence electrons. The zero-order chi connectivity index (χ0) is 20.4. The Morgan fingerprint density at radius 1 is 1.03 bits per heavy atom. The fraction of sp³-hybridized carbons (Fsp3) is 0.958. The van der Waals surface area contributed by atoms with Crippen LogP contribution in [0.4, 0.5) is 0 Å². The van der Waals surface area contributed by atoms with Crippen molar-refractivity contribution in [3.8, 4) is 0 Å². The number of guanidine groups is 1. The molecular formula is C24H42IN3O3. The second-order valence-corrected chi connectivity index (χ2v) is 10.1. The van der Waals surface area contributed by atoms with Crippen LogP contribution in [0.3, 0.4) is 0 Å². The summed E-state index contributed by atoms with van der Waals surface area (Å²) in [4.78, 5) is 7.39. The fourth-order valence-corrected chi connectivity index (χ4v) is 6.85. The van der Waals surface area contributed by atoms with Crippen molar-refractivity contribution in [1.29, 1.82) is 0 Å². The van der Waals surface area contributed by atoms with Gasteiger partial charge in [-0.15, -0.1) is 24.0 Å². The number of aliphatic imine (C=N–C) groups is 1. The summed E-state index contributed by atoms with van der Waals surface area (Å²) < 4.78 is 18.2. The van der Waals surface area contributed by atoms with E-state index in [1.807, 2.05) is 0 Å². The molecule has 7 heteroatoms. The second kappa shape index (κ2) is 10.9. The predicted octanol–water partition coefficient (Wildman–Crippen LogP) is 3.97. The molecule has 2 saturated carbocycles. The Kier molecular flexibility index (Phi) is 8.42. The van der Waals surface area contributed by atoms with Crippen LogP contribution >= 0.6 is 24.0 Å². The van der Waals surface area contributed by atoms with Crippen molar-refractivity contribution in [2.24, 2.45) is 16.3 Å². The molecule has 0 amide bonds. The first kappa shape index (κ1) is 24.0. The molecule has 3 aliphatic heterocycles. The van der Waals surface area contributed by atoms with E-state index < -0.39 is 0 Å². The summed E-state index contributed by atoms with van der Waals surface area (Å²) in [7, 11) is 0. The van der Waals surface area contributed by atoms with Gasteiger partial charge in [0.15, 0.2) is 5.96 Å². The molecule has 5 rings (SSSR count). The van der Waals surface area contributed by atoms with E-state index in [-0.39, 0.29) is 24.0 Å². The van der Waals surface area contributed by atoms with Gasteiger partial charge in [-0.3, -0.25) is 4.99 Å². The minimum atomic E-state index is 0. The molecule has 0 radical (unpaired) electrons. The Hall–Kier alpha value is -0.120. The van der Waals surface area contributed by atoms with Crippen LogP contribution in [0.15, 0.2) is 4.99 Å². The van der Waals surface area contributed by atoms with Gasteiger partial charge in [0, 0.05) is 50.2 Å². The molecule has 3 saturated heterocycles. The summed E-state index contributed by atoms with van der Waals surface area (Å²) in [5, 5.41) is 3.96. The quantitative estimate of drug-likeness (QED) is 0.321. The first-order valence-electron chi connectivity index (χ1n) is 12.7. The van der Waals surface area contributed by atoms with Gasteiger partial charge in [0.05, 0.1) is 24.9 Å². The number of rotatable bonds is 5. The molecule has 3 heterocycles. The van der Waals surface area contributed by atoms with Crippen molar-refractivity contribution in [3.63, 3.8) is 0 Å². The molecule has 1 spiro atoms. The molecule has 5 fully saturated rings. The Morgan fingerprint density at radius 2 is 1.84 bits per heavy atom. The van der Waals surface area contributed by atoms with E-state index in [2.05, 4.69) is 17.1 Å². The van der Waals surface area contributed by atoms with Crippen LogP contribution in [0, 0.1) is 11.3 Å². The molecule has 0 bridgehead atoms. The highest BCUT2D eigenvalue weighted by Crippen LogP contribution is 2.60. The van der Waals surface area contributed by atoms with Crippen molar-refractivity contribution >= 4 is 29.9 Å². The van der Waals surface area contributed by atoms with Crippen molar-refractivity contribution in [2.45, 2.75) is 95.5 Å². The SMILES string of the molecule is CCN=C(NC1C2CCOC2C12CCCC2)N1CCC(OCC2CCCCO2)CC1.I. The number of ether oxygens (including phenoxy) is 3. The van der Waals surface area contributed by atoms with Crippen molar-refractivity contribution in [3.05, 3.63) is 0 Å². The number of fused-ring (bicyclic) bond motifs is 2. The number of nitrogens with one attached hydrogen (secondary N) is 1. The lowest BCUT2D eigenvalue weighted by molar-refractivity contribution is -0.125. The number of hydrogen-bond donors (Lipinski definition) is 1. The summed E-state index contributed by atoms with van der Waals surface area (Å²) in [5.74, 6) is 1.81. The van der Waals surface area contributed by atoms with Crippen LogP contribution < -0.4 is 5.32 Å². The Morgan fingerprint density at radius 3 is 2.55 bits per heavy atom. The lowest BCUT2D eigenvalue weighted by atomic mass is 9.54. The molecular weight excluding hydrogens is 505 g/mol. The monoisotopic (exact) mass is 547 g/mol. The zero-order valence-corrected chi connectivity index (χ0v) is 21.6. The van der Waals surface area contributed by atoms with Crippen LogP contribution in [-0.4, -0.2) is 74.7 Å². The van der Waals surface area contributed by atoms with E-state index in [4.69, 9.17) is 19.2 Å². The van der Waals surface area contributed by atoms with Gasteiger partial charge in [0.1, 0.15) is 0 Å². The smallest absolute Gasteiger partial charge is 0.194 e. The van der Waals surface area contributed by atoms with E-state index >= 15 is 0 Å². The number of hydrogen-bond acceptors (Lipinski definition) is 4. The maximum atomic E-state index is 6.23. The normalized spacial score (nSPS) is 35.5. The molecule has 1 N–H and O–H groups in total. The third-order valence-corrected chi connectivity index (χ3v) is 8.41. The van der Waals surface area contributed by atoms with Gasteiger partial charge in [-0.25, -0.2) is 0 Å². The van der Waals surface area contributed by atoms with Crippen LogP contribution in [0.2, 0.25) is 0 Å². The molecule has 0 aromatic heterocycles. The van der Waals surface area contributed by atoms with Crippen LogP contribution in [0.5, 0.6) is 0 Å². The largest absolute Gasteiger partial charge is 0.377 e. The lowest BCUT2D eigenvalue weighted by Gasteiger charge is -2.57. The molecule has 4 unspecified atom stereocenters. The van der Waals surface area contributed by atoms with E-state index in [9.17, 15) is 0 Å². The Balaban J connectivity index is 0.00000231. The number of nitrogens with zero attached hydrogens (tertiary/aromatic N) is 2. The van der Waals surface area contributed by atoms with Gasteiger partial charge >= 0.3 is 0 Å². The third kappa shape index (κ3) is 4.90. The van der Waals surface area contributed by atoms with Gasteiger partial charge in [0.2, 0.25) is 0 Å². The van der Waals surface area contributed by atoms with Crippen molar-refractivity contribution in [2.75, 3.05) is 39.5 Å². The highest BCUT2D eigenvalue weighted by molar-refractivity contribution is 14.0. The first-order chi connectivity index (χ1) is 14.8. The minimum Gasteiger partial charge on any atom is -0.377 e. The minimum absolute atomic E-state index is 0. The molecule has 2 aliphatic carbocycles. The maximum absolute atomic E-state index is 6.23. The third-order valence-electron chi connectivity index (χ3n) is 8.41. The first-order valence-corrected chi connectivity index (χ1v) is 12.7. The Labute approximate surface area is 205 Å². The summed E-state index contributed by atoms with van der Waals surface area (Å²) in [5.41, 5.74) is 0.372. The van der Waals surface area contributed by atoms with Gasteiger partial charge < -0.3 is 24.4 Å². The summed E-state index contributed by atoms with van der Waals surface area (Å²) >= 11 is 0. The Bertz CT molecular complexity index is 599. The fourth-order valence-electron chi connectivity index (χ4n) is 6.85. The molecule has 0 aromatic rings. The average Bonchev–Trinajstić information content (AvgIpc) is 3.46. The topological polar surface area (TPSA) is 55.3 Å². The van der Waals surface area contributed by atoms with Crippen molar-refractivity contribution < 1.29 is 14.2 Å². The van der Waals surface area contributed by atoms with Crippen molar-refractivity contribution in [1.82, 2.24) is 10.2 Å². The standard InChI is InChI=1S/C24H41N3O3.HI/c1-2-25-23(26-21-20-10-16-29-22(20)24(21)11-4-5-12-24)27-13-8-18(9-14-27)30-17-19-7-3-6-15-28-19;/h18-22H,2-17H2,1H3,(H,25,26);1H. The summed E-state index contributed by atoms with van der Waals surface area (Å²) in [6, 6.07) is 0.551. The maximum Gasteiger partial charge on any atom is 0.194 e. The lowest BCUT2D eigenvalue weighted by Crippen LogP contribution is -2.69. The van der Waals surface area contributed by atoms with E-state index in [1.54, 1.807) is 0 Å². The number of halogens is 1. The van der Waals surface area contributed by atoms with E-state index in [1.165, 1.54) is 44.9 Å².